The number of benzene rings is 2. The molecule has 1 fully saturated rings. The number of aromatic nitrogens is 3. The van der Waals surface area contributed by atoms with Crippen molar-refractivity contribution >= 4 is 68.5 Å². The Labute approximate surface area is 258 Å². The molecule has 2 aromatic carbocycles. The van der Waals surface area contributed by atoms with E-state index in [1.807, 2.05) is 0 Å². The Morgan fingerprint density at radius 3 is 2.40 bits per heavy atom. The number of fused-ring (bicyclic) bond motifs is 2. The zero-order valence-electron chi connectivity index (χ0n) is 24.2. The summed E-state index contributed by atoms with van der Waals surface area (Å²) in [5, 5.41) is 5.73. The summed E-state index contributed by atoms with van der Waals surface area (Å²) in [6.45, 7) is 1.93. The number of anilines is 2. The van der Waals surface area contributed by atoms with Crippen LogP contribution in [0.1, 0.15) is 49.4 Å². The van der Waals surface area contributed by atoms with Gasteiger partial charge in [-0.3, -0.25) is 43.9 Å². The van der Waals surface area contributed by atoms with E-state index in [0.29, 0.717) is 11.1 Å². The number of primary amides is 1. The maximum Gasteiger partial charge on any atom is 0.303 e. The van der Waals surface area contributed by atoms with Crippen molar-refractivity contribution in [2.45, 2.75) is 19.4 Å². The second-order valence-corrected chi connectivity index (χ2v) is 11.1. The number of nitrogens with one attached hydrogen (secondary N) is 1. The van der Waals surface area contributed by atoms with Crippen LogP contribution in [0.25, 0.3) is 10.1 Å². The van der Waals surface area contributed by atoms with E-state index in [4.69, 9.17) is 15.2 Å². The third-order valence-corrected chi connectivity index (χ3v) is 8.45. The lowest BCUT2D eigenvalue weighted by Crippen LogP contribution is -2.61. The number of aryl methyl sites for hydroxylation is 2. The Balaban J connectivity index is 1.38. The van der Waals surface area contributed by atoms with Gasteiger partial charge in [0, 0.05) is 25.1 Å². The molecule has 4 heterocycles. The van der Waals surface area contributed by atoms with Gasteiger partial charge in [-0.05, 0) is 48.8 Å². The number of ether oxygens (including phenoxy) is 2. The summed E-state index contributed by atoms with van der Waals surface area (Å²) in [7, 11) is 1.63. The zero-order valence-corrected chi connectivity index (χ0v) is 25.0. The number of hydrazine groups is 1. The minimum Gasteiger partial charge on any atom is -0.458 e. The highest BCUT2D eigenvalue weighted by Crippen LogP contribution is 2.39. The minimum absolute atomic E-state index is 0.00484. The highest BCUT2D eigenvalue weighted by molar-refractivity contribution is 7.14. The highest BCUT2D eigenvalue weighted by Gasteiger charge is 2.55. The van der Waals surface area contributed by atoms with Crippen molar-refractivity contribution in [1.82, 2.24) is 19.2 Å². The molecule has 15 nitrogen and oxygen atoms in total. The number of hydrogen-bond donors (Lipinski definition) is 2. The maximum atomic E-state index is 14.1. The van der Waals surface area contributed by atoms with Gasteiger partial charge < -0.3 is 15.2 Å². The van der Waals surface area contributed by atoms with Crippen LogP contribution in [0.2, 0.25) is 0 Å². The van der Waals surface area contributed by atoms with E-state index in [-0.39, 0.29) is 51.7 Å². The number of nitrogens with two attached hydrogens (primary N) is 1. The first kappa shape index (κ1) is 29.6. The van der Waals surface area contributed by atoms with Crippen molar-refractivity contribution in [3.05, 3.63) is 70.5 Å². The number of Topliss-reactive ketones (excluding diaryl/α,β-unsaturated/α-hetero) is 1. The molecule has 0 bridgehead atoms. The van der Waals surface area contributed by atoms with Crippen molar-refractivity contribution in [2.24, 2.45) is 12.8 Å². The lowest BCUT2D eigenvalue weighted by Gasteiger charge is -2.39. The van der Waals surface area contributed by atoms with Gasteiger partial charge in [0.05, 0.1) is 40.2 Å². The van der Waals surface area contributed by atoms with Gasteiger partial charge >= 0.3 is 5.97 Å². The molecule has 2 aliphatic heterocycles. The zero-order chi connectivity index (χ0) is 32.2. The van der Waals surface area contributed by atoms with Crippen LogP contribution in [0.3, 0.4) is 0 Å². The van der Waals surface area contributed by atoms with Crippen molar-refractivity contribution in [1.29, 1.82) is 0 Å². The molecule has 0 saturated carbocycles. The monoisotopic (exact) mass is 631 g/mol. The molecular weight excluding hydrogens is 606 g/mol. The predicted molar refractivity (Wildman–Crippen MR) is 158 cm³/mol. The van der Waals surface area contributed by atoms with Crippen LogP contribution in [0, 0.1) is 6.92 Å². The Morgan fingerprint density at radius 1 is 1.11 bits per heavy atom. The van der Waals surface area contributed by atoms with E-state index < -0.39 is 47.6 Å². The lowest BCUT2D eigenvalue weighted by atomic mass is 9.91. The van der Waals surface area contributed by atoms with E-state index in [0.717, 1.165) is 28.4 Å². The summed E-state index contributed by atoms with van der Waals surface area (Å²) < 4.78 is 16.8. The molecule has 2 aliphatic rings. The summed E-state index contributed by atoms with van der Waals surface area (Å²) in [5.41, 5.74) is 7.56. The molecule has 1 atom stereocenters. The summed E-state index contributed by atoms with van der Waals surface area (Å²) in [4.78, 5) is 79.1. The molecule has 45 heavy (non-hydrogen) atoms. The van der Waals surface area contributed by atoms with Gasteiger partial charge in [0.15, 0.2) is 12.4 Å². The van der Waals surface area contributed by atoms with E-state index in [9.17, 15) is 28.8 Å². The number of amides is 4. The molecular formula is C29H25N7O8S. The Kier molecular flexibility index (Phi) is 7.17. The minimum atomic E-state index is -2.26. The number of carbonyl (C=O) groups is 6. The molecule has 4 amide bonds. The fourth-order valence-corrected chi connectivity index (χ4v) is 6.21. The molecule has 1 saturated heterocycles. The third-order valence-electron chi connectivity index (χ3n) is 7.58. The summed E-state index contributed by atoms with van der Waals surface area (Å²) in [6, 6.07) is 10.9. The van der Waals surface area contributed by atoms with Crippen LogP contribution >= 0.6 is 11.5 Å². The van der Waals surface area contributed by atoms with Crippen LogP contribution < -0.4 is 16.1 Å². The molecule has 0 spiro atoms. The quantitative estimate of drug-likeness (QED) is 0.162. The number of imide groups is 1. The number of carbonyl (C=O) groups excluding carboxylic acids is 6. The predicted octanol–water partition coefficient (Wildman–Crippen LogP) is 1.45. The Bertz CT molecular complexity index is 1910. The summed E-state index contributed by atoms with van der Waals surface area (Å²) >= 11 is 0.850. The van der Waals surface area contributed by atoms with Gasteiger partial charge in [-0.25, -0.2) is 4.90 Å². The summed E-state index contributed by atoms with van der Waals surface area (Å²) in [6.07, 6.45) is 0. The number of rotatable bonds is 8. The molecule has 2 aromatic heterocycles. The van der Waals surface area contributed by atoms with Gasteiger partial charge in [0.25, 0.3) is 29.2 Å². The first-order valence-electron chi connectivity index (χ1n) is 13.6. The average Bonchev–Trinajstić information content (AvgIpc) is 3.65. The van der Waals surface area contributed by atoms with Gasteiger partial charge in [-0.1, -0.05) is 12.1 Å². The van der Waals surface area contributed by atoms with Crippen molar-refractivity contribution in [3.8, 4) is 0 Å². The lowest BCUT2D eigenvalue weighted by molar-refractivity contribution is -0.182. The summed E-state index contributed by atoms with van der Waals surface area (Å²) in [5.74, 6) is -4.38. The Morgan fingerprint density at radius 2 is 1.80 bits per heavy atom. The van der Waals surface area contributed by atoms with E-state index in [1.54, 1.807) is 44.3 Å². The molecule has 3 N–H and O–H groups in total. The van der Waals surface area contributed by atoms with Crippen LogP contribution in [-0.2, 0) is 36.5 Å². The van der Waals surface area contributed by atoms with Gasteiger partial charge in [-0.2, -0.15) is 9.47 Å². The second-order valence-electron chi connectivity index (χ2n) is 10.3. The first-order chi connectivity index (χ1) is 21.5. The SMILES string of the molecule is CC(=O)OCC(=O)[C@@]1(c2cc(C)n(C)n2)OCCN(Nc2ccc3c(N4C(=O)c5ccccc5C4=O)nsc3c2C(N)=O)C1=O. The molecule has 0 unspecified atom stereocenters. The van der Waals surface area contributed by atoms with Crippen LogP contribution in [-0.4, -0.2) is 74.3 Å². The van der Waals surface area contributed by atoms with Crippen molar-refractivity contribution in [2.75, 3.05) is 30.1 Å². The van der Waals surface area contributed by atoms with Gasteiger partial charge in [0.1, 0.15) is 5.69 Å². The molecule has 230 valence electrons. The van der Waals surface area contributed by atoms with Crippen molar-refractivity contribution in [3.63, 3.8) is 0 Å². The number of nitrogens with zero attached hydrogens (tertiary/aromatic N) is 5. The highest BCUT2D eigenvalue weighted by atomic mass is 32.1. The Hall–Kier alpha value is -5.48. The van der Waals surface area contributed by atoms with E-state index >= 15 is 0 Å². The number of ketones is 1. The molecule has 6 rings (SSSR count). The van der Waals surface area contributed by atoms with Crippen LogP contribution in [0.4, 0.5) is 11.5 Å². The largest absolute Gasteiger partial charge is 0.458 e. The molecule has 0 aliphatic carbocycles. The van der Waals surface area contributed by atoms with Crippen LogP contribution in [0.5, 0.6) is 0 Å². The maximum absolute atomic E-state index is 14.1. The van der Waals surface area contributed by atoms with Crippen LogP contribution in [0.15, 0.2) is 42.5 Å². The average molecular weight is 632 g/mol. The smallest absolute Gasteiger partial charge is 0.303 e. The number of esters is 1. The van der Waals surface area contributed by atoms with Gasteiger partial charge in [-0.15, -0.1) is 0 Å². The number of hydrogen-bond acceptors (Lipinski definition) is 12. The normalized spacial score (nSPS) is 18.0. The number of morpholine rings is 1. The molecule has 0 radical (unpaired) electrons. The fourth-order valence-electron chi connectivity index (χ4n) is 5.30. The van der Waals surface area contributed by atoms with Crippen molar-refractivity contribution < 1.29 is 38.2 Å². The first-order valence-corrected chi connectivity index (χ1v) is 14.3. The topological polar surface area (TPSA) is 196 Å². The van der Waals surface area contributed by atoms with E-state index in [1.165, 1.54) is 16.8 Å². The molecule has 4 aromatic rings. The van der Waals surface area contributed by atoms with Gasteiger partial charge in [0.2, 0.25) is 5.78 Å². The second kappa shape index (κ2) is 10.9. The van der Waals surface area contributed by atoms with E-state index in [2.05, 4.69) is 14.9 Å². The molecule has 16 heteroatoms. The third kappa shape index (κ3) is 4.61. The standard InChI is InChI=1S/C29H25N7O8S/c1-14-12-20(32-34(14)3)29(21(38)13-43-15(2)37)28(42)35(10-11-44-29)31-19-9-8-18-23(22(19)24(30)39)45-33-25(18)36-26(40)16-6-4-5-7-17(16)27(36)41/h4-9,12,31H,10-11,13H2,1-3H3,(H2,30,39)/t29-/m1/s1. The fraction of sp³-hybridized carbons (Fsp3) is 0.241.